The molecule has 0 amide bonds. The Morgan fingerprint density at radius 3 is 2.53 bits per heavy atom. The number of rotatable bonds is 3. The van der Waals surface area contributed by atoms with Crippen molar-refractivity contribution >= 4 is 5.97 Å². The predicted molar refractivity (Wildman–Crippen MR) is 59.7 cm³/mol. The molecule has 0 unspecified atom stereocenters. The third-order valence-electron chi connectivity index (χ3n) is 2.33. The van der Waals surface area contributed by atoms with Crippen LogP contribution in [0.5, 0.6) is 0 Å². The van der Waals surface area contributed by atoms with Crippen LogP contribution in [0, 0.1) is 17.7 Å². The van der Waals surface area contributed by atoms with E-state index in [0.717, 1.165) is 0 Å². The normalized spacial score (nSPS) is 10.3. The highest BCUT2D eigenvalue weighted by Gasteiger charge is 2.14. The summed E-state index contributed by atoms with van der Waals surface area (Å²) in [6.45, 7) is -0.573. The molecule has 1 aromatic carbocycles. The molecule has 0 aliphatic carbocycles. The molecular formula is C13H8F3NO2. The lowest BCUT2D eigenvalue weighted by Gasteiger charge is -2.06. The van der Waals surface area contributed by atoms with E-state index in [0.29, 0.717) is 6.07 Å². The maximum absolute atomic E-state index is 13.2. The Hall–Kier alpha value is -2.37. The van der Waals surface area contributed by atoms with Crippen LogP contribution in [0.4, 0.5) is 13.2 Å². The van der Waals surface area contributed by atoms with Crippen LogP contribution in [0.1, 0.15) is 15.9 Å². The van der Waals surface area contributed by atoms with Gasteiger partial charge >= 0.3 is 5.97 Å². The first-order chi connectivity index (χ1) is 9.08. The maximum atomic E-state index is 13.2. The minimum Gasteiger partial charge on any atom is -0.457 e. The Morgan fingerprint density at radius 2 is 1.84 bits per heavy atom. The van der Waals surface area contributed by atoms with E-state index in [1.807, 2.05) is 0 Å². The van der Waals surface area contributed by atoms with Crippen molar-refractivity contribution in [3.63, 3.8) is 0 Å². The van der Waals surface area contributed by atoms with Crippen LogP contribution in [-0.4, -0.2) is 11.0 Å². The number of carbonyl (C=O) groups is 1. The Labute approximate surface area is 106 Å². The van der Waals surface area contributed by atoms with Crippen LogP contribution in [0.15, 0.2) is 36.4 Å². The van der Waals surface area contributed by atoms with Gasteiger partial charge < -0.3 is 4.74 Å². The molecule has 2 rings (SSSR count). The average molecular weight is 267 g/mol. The number of carbonyl (C=O) groups excluding carboxylic acids is 1. The van der Waals surface area contributed by atoms with Crippen LogP contribution in [0.25, 0.3) is 0 Å². The van der Waals surface area contributed by atoms with Gasteiger partial charge in [-0.2, -0.15) is 13.8 Å². The van der Waals surface area contributed by atoms with Crippen molar-refractivity contribution in [1.29, 1.82) is 0 Å². The van der Waals surface area contributed by atoms with E-state index in [1.165, 1.54) is 12.1 Å². The molecule has 0 atom stereocenters. The zero-order valence-corrected chi connectivity index (χ0v) is 9.57. The van der Waals surface area contributed by atoms with E-state index < -0.39 is 35.9 Å². The molecule has 1 heterocycles. The molecule has 19 heavy (non-hydrogen) atoms. The van der Waals surface area contributed by atoms with Gasteiger partial charge in [0.25, 0.3) is 5.95 Å². The first kappa shape index (κ1) is 13.1. The van der Waals surface area contributed by atoms with Crippen LogP contribution in [0.3, 0.4) is 0 Å². The lowest BCUT2D eigenvalue weighted by molar-refractivity contribution is 0.0467. The number of ether oxygens (including phenoxy) is 1. The first-order valence-electron chi connectivity index (χ1n) is 5.30. The fraction of sp³-hybridized carbons (Fsp3) is 0.0769. The topological polar surface area (TPSA) is 39.2 Å². The number of halogens is 3. The second kappa shape index (κ2) is 5.51. The van der Waals surface area contributed by atoms with Gasteiger partial charge in [0.15, 0.2) is 5.82 Å². The number of esters is 1. The molecule has 0 saturated heterocycles. The second-order valence-electron chi connectivity index (χ2n) is 3.65. The lowest BCUT2D eigenvalue weighted by Crippen LogP contribution is -2.08. The number of benzene rings is 1. The zero-order chi connectivity index (χ0) is 13.8. The molecule has 0 spiro atoms. The predicted octanol–water partition coefficient (Wildman–Crippen LogP) is 2.86. The minimum absolute atomic E-state index is 0.262. The molecule has 2 aromatic rings. The summed E-state index contributed by atoms with van der Waals surface area (Å²) in [4.78, 5) is 14.2. The first-order valence-corrected chi connectivity index (χ1v) is 5.30. The SMILES string of the molecule is O=C(OCc1cc(F)nc(F)c1F)c1ccccc1. The van der Waals surface area contributed by atoms with Gasteiger partial charge in [0.1, 0.15) is 6.61 Å². The molecule has 0 aliphatic heterocycles. The highest BCUT2D eigenvalue weighted by molar-refractivity contribution is 5.89. The Bertz CT molecular complexity index is 602. The standard InChI is InChI=1S/C13H8F3NO2/c14-10-6-9(11(15)12(16)17-10)7-19-13(18)8-4-2-1-3-5-8/h1-6H,7H2. The van der Waals surface area contributed by atoms with Gasteiger partial charge in [-0.25, -0.2) is 9.18 Å². The summed E-state index contributed by atoms with van der Waals surface area (Å²) in [6.07, 6.45) is 0. The van der Waals surface area contributed by atoms with E-state index >= 15 is 0 Å². The van der Waals surface area contributed by atoms with E-state index in [4.69, 9.17) is 4.74 Å². The smallest absolute Gasteiger partial charge is 0.338 e. The molecule has 1 aromatic heterocycles. The zero-order valence-electron chi connectivity index (χ0n) is 9.57. The number of nitrogens with zero attached hydrogens (tertiary/aromatic N) is 1. The van der Waals surface area contributed by atoms with Crippen molar-refractivity contribution in [2.75, 3.05) is 0 Å². The monoisotopic (exact) mass is 267 g/mol. The second-order valence-corrected chi connectivity index (χ2v) is 3.65. The molecule has 0 aliphatic rings. The van der Waals surface area contributed by atoms with Crippen molar-refractivity contribution in [2.24, 2.45) is 0 Å². The minimum atomic E-state index is -1.56. The van der Waals surface area contributed by atoms with Gasteiger partial charge in [0.2, 0.25) is 5.95 Å². The number of pyridine rings is 1. The van der Waals surface area contributed by atoms with Crippen LogP contribution in [-0.2, 0) is 11.3 Å². The summed E-state index contributed by atoms with van der Waals surface area (Å²) in [5, 5.41) is 0. The van der Waals surface area contributed by atoms with Gasteiger partial charge in [-0.05, 0) is 12.1 Å². The highest BCUT2D eigenvalue weighted by Crippen LogP contribution is 2.13. The summed E-state index contributed by atoms with van der Waals surface area (Å²) in [7, 11) is 0. The summed E-state index contributed by atoms with van der Waals surface area (Å²) >= 11 is 0. The largest absolute Gasteiger partial charge is 0.457 e. The lowest BCUT2D eigenvalue weighted by atomic mass is 10.2. The van der Waals surface area contributed by atoms with Crippen molar-refractivity contribution in [3.8, 4) is 0 Å². The molecule has 0 saturated carbocycles. The van der Waals surface area contributed by atoms with Gasteiger partial charge in [0, 0.05) is 11.6 Å². The van der Waals surface area contributed by atoms with Crippen LogP contribution >= 0.6 is 0 Å². The van der Waals surface area contributed by atoms with Crippen LogP contribution < -0.4 is 0 Å². The molecular weight excluding hydrogens is 259 g/mol. The summed E-state index contributed by atoms with van der Waals surface area (Å²) in [5.74, 6) is -4.78. The third-order valence-corrected chi connectivity index (χ3v) is 2.33. The Kier molecular flexibility index (Phi) is 3.79. The van der Waals surface area contributed by atoms with E-state index in [1.54, 1.807) is 18.2 Å². The summed E-state index contributed by atoms with van der Waals surface area (Å²) in [6, 6.07) is 8.66. The quantitative estimate of drug-likeness (QED) is 0.634. The average Bonchev–Trinajstić information content (AvgIpc) is 2.41. The van der Waals surface area contributed by atoms with Crippen LogP contribution in [0.2, 0.25) is 0 Å². The molecule has 0 N–H and O–H groups in total. The van der Waals surface area contributed by atoms with E-state index in [2.05, 4.69) is 4.98 Å². The van der Waals surface area contributed by atoms with E-state index in [9.17, 15) is 18.0 Å². The van der Waals surface area contributed by atoms with Gasteiger partial charge in [-0.1, -0.05) is 18.2 Å². The van der Waals surface area contributed by atoms with Gasteiger partial charge in [0.05, 0.1) is 5.56 Å². The fourth-order valence-corrected chi connectivity index (χ4v) is 1.42. The summed E-state index contributed by atoms with van der Waals surface area (Å²) in [5.41, 5.74) is -0.146. The van der Waals surface area contributed by atoms with E-state index in [-0.39, 0.29) is 5.56 Å². The van der Waals surface area contributed by atoms with Crippen molar-refractivity contribution in [2.45, 2.75) is 6.61 Å². The molecule has 0 radical (unpaired) electrons. The highest BCUT2D eigenvalue weighted by atomic mass is 19.2. The maximum Gasteiger partial charge on any atom is 0.338 e. The molecule has 0 bridgehead atoms. The molecule has 6 heteroatoms. The molecule has 98 valence electrons. The third kappa shape index (κ3) is 3.09. The van der Waals surface area contributed by atoms with Crippen molar-refractivity contribution in [1.82, 2.24) is 4.98 Å². The van der Waals surface area contributed by atoms with Gasteiger partial charge in [-0.3, -0.25) is 0 Å². The number of aromatic nitrogens is 1. The van der Waals surface area contributed by atoms with Crippen molar-refractivity contribution in [3.05, 3.63) is 65.2 Å². The fourth-order valence-electron chi connectivity index (χ4n) is 1.42. The summed E-state index contributed by atoms with van der Waals surface area (Å²) < 4.78 is 43.6. The van der Waals surface area contributed by atoms with Crippen molar-refractivity contribution < 1.29 is 22.7 Å². The Morgan fingerprint density at radius 1 is 1.16 bits per heavy atom. The number of hydrogen-bond donors (Lipinski definition) is 0. The van der Waals surface area contributed by atoms with Gasteiger partial charge in [-0.15, -0.1) is 0 Å². The molecule has 3 nitrogen and oxygen atoms in total. The number of hydrogen-bond acceptors (Lipinski definition) is 3. The molecule has 0 fully saturated rings. The Balaban J connectivity index is 2.09.